The Morgan fingerprint density at radius 1 is 1.13 bits per heavy atom. The zero-order valence-electron chi connectivity index (χ0n) is 17.0. The largest absolute Gasteiger partial charge is 0.507 e. The maximum Gasteiger partial charge on any atom is 0.271 e. The van der Waals surface area contributed by atoms with E-state index in [-0.39, 0.29) is 16.2 Å². The van der Waals surface area contributed by atoms with Crippen LogP contribution in [0.25, 0.3) is 0 Å². The molecule has 0 aliphatic carbocycles. The van der Waals surface area contributed by atoms with Gasteiger partial charge in [0.2, 0.25) is 10.0 Å². The van der Waals surface area contributed by atoms with Gasteiger partial charge in [-0.2, -0.15) is 9.41 Å². The van der Waals surface area contributed by atoms with Crippen LogP contribution in [0.1, 0.15) is 42.1 Å². The molecule has 160 valence electrons. The van der Waals surface area contributed by atoms with Crippen molar-refractivity contribution in [1.82, 2.24) is 9.73 Å². The van der Waals surface area contributed by atoms with Gasteiger partial charge in [-0.25, -0.2) is 13.8 Å². The number of methoxy groups -OCH3 is 1. The molecule has 0 unspecified atom stereocenters. The van der Waals surface area contributed by atoms with Crippen LogP contribution >= 0.6 is 0 Å². The number of carbonyl (C=O) groups excluding carboxylic acids is 1. The zero-order valence-corrected chi connectivity index (χ0v) is 17.8. The fourth-order valence-electron chi connectivity index (χ4n) is 3.26. The van der Waals surface area contributed by atoms with Crippen molar-refractivity contribution in [3.8, 4) is 11.5 Å². The zero-order chi connectivity index (χ0) is 21.7. The van der Waals surface area contributed by atoms with E-state index < -0.39 is 15.9 Å². The highest BCUT2D eigenvalue weighted by molar-refractivity contribution is 7.89. The smallest absolute Gasteiger partial charge is 0.271 e. The summed E-state index contributed by atoms with van der Waals surface area (Å²) >= 11 is 0. The number of rotatable bonds is 6. The van der Waals surface area contributed by atoms with E-state index in [4.69, 9.17) is 4.74 Å². The lowest BCUT2D eigenvalue weighted by atomic mass is 10.1. The molecular weight excluding hydrogens is 406 g/mol. The van der Waals surface area contributed by atoms with Crippen LogP contribution in [-0.4, -0.2) is 49.6 Å². The number of piperidine rings is 1. The lowest BCUT2D eigenvalue weighted by molar-refractivity contribution is 0.0954. The number of benzene rings is 2. The van der Waals surface area contributed by atoms with E-state index in [1.54, 1.807) is 19.1 Å². The van der Waals surface area contributed by atoms with E-state index in [2.05, 4.69) is 10.5 Å². The van der Waals surface area contributed by atoms with Crippen LogP contribution < -0.4 is 10.2 Å². The summed E-state index contributed by atoms with van der Waals surface area (Å²) in [6.45, 7) is 2.63. The Bertz CT molecular complexity index is 1060. The number of hydrogen-bond acceptors (Lipinski definition) is 6. The second-order valence-electron chi connectivity index (χ2n) is 7.01. The third-order valence-electron chi connectivity index (χ3n) is 4.97. The quantitative estimate of drug-likeness (QED) is 0.540. The van der Waals surface area contributed by atoms with E-state index in [1.807, 2.05) is 0 Å². The summed E-state index contributed by atoms with van der Waals surface area (Å²) in [6.07, 6.45) is 2.70. The van der Waals surface area contributed by atoms with E-state index in [0.717, 1.165) is 19.3 Å². The normalized spacial score (nSPS) is 15.6. The van der Waals surface area contributed by atoms with Crippen LogP contribution in [0.15, 0.2) is 52.5 Å². The van der Waals surface area contributed by atoms with Crippen LogP contribution in [0.2, 0.25) is 0 Å². The highest BCUT2D eigenvalue weighted by atomic mass is 32.2. The topological polar surface area (TPSA) is 108 Å². The Morgan fingerprint density at radius 3 is 2.53 bits per heavy atom. The van der Waals surface area contributed by atoms with Crippen LogP contribution in [0, 0.1) is 0 Å². The molecule has 9 heteroatoms. The average Bonchev–Trinajstić information content (AvgIpc) is 2.77. The molecule has 0 spiro atoms. The molecule has 1 fully saturated rings. The first-order valence-corrected chi connectivity index (χ1v) is 11.1. The number of hydrogen-bond donors (Lipinski definition) is 2. The number of phenolic OH excluding ortho intramolecular Hbond substituents is 1. The second-order valence-corrected chi connectivity index (χ2v) is 8.95. The van der Waals surface area contributed by atoms with Gasteiger partial charge in [0.25, 0.3) is 5.91 Å². The first-order chi connectivity index (χ1) is 14.3. The molecule has 1 aliphatic rings. The lowest BCUT2D eigenvalue weighted by Crippen LogP contribution is -2.35. The Hall–Kier alpha value is -2.91. The molecular formula is C21H25N3O5S. The molecule has 30 heavy (non-hydrogen) atoms. The first-order valence-electron chi connectivity index (χ1n) is 9.65. The minimum Gasteiger partial charge on any atom is -0.507 e. The summed E-state index contributed by atoms with van der Waals surface area (Å²) in [5, 5.41) is 14.1. The van der Waals surface area contributed by atoms with Gasteiger partial charge in [-0.05, 0) is 50.1 Å². The van der Waals surface area contributed by atoms with Gasteiger partial charge >= 0.3 is 0 Å². The third-order valence-corrected chi connectivity index (χ3v) is 6.86. The first kappa shape index (κ1) is 21.8. The van der Waals surface area contributed by atoms with Gasteiger partial charge in [-0.15, -0.1) is 0 Å². The molecule has 1 heterocycles. The number of carbonyl (C=O) groups is 1. The maximum absolute atomic E-state index is 12.8. The highest BCUT2D eigenvalue weighted by Gasteiger charge is 2.26. The monoisotopic (exact) mass is 431 g/mol. The van der Waals surface area contributed by atoms with Crippen LogP contribution in [-0.2, 0) is 10.0 Å². The molecule has 0 radical (unpaired) electrons. The van der Waals surface area contributed by atoms with E-state index in [9.17, 15) is 18.3 Å². The number of sulfonamides is 1. The molecule has 2 aromatic carbocycles. The van der Waals surface area contributed by atoms with Crippen molar-refractivity contribution < 1.29 is 23.1 Å². The standard InChI is InChI=1S/C21H25N3O5S/c1-15(19-10-9-17(29-2)14-20(19)25)22-23-21(26)16-7-6-8-18(13-16)30(27,28)24-11-4-3-5-12-24/h6-10,13-14,25H,3-5,11-12H2,1-2H3,(H,23,26). The van der Waals surface area contributed by atoms with Crippen LogP contribution in [0.3, 0.4) is 0 Å². The summed E-state index contributed by atoms with van der Waals surface area (Å²) in [5.41, 5.74) is 3.42. The molecule has 1 aliphatic heterocycles. The summed E-state index contributed by atoms with van der Waals surface area (Å²) in [5.74, 6) is -0.0719. The molecule has 1 saturated heterocycles. The molecule has 2 N–H and O–H groups in total. The van der Waals surface area contributed by atoms with Gasteiger partial charge in [-0.1, -0.05) is 12.5 Å². The van der Waals surface area contributed by atoms with Crippen LogP contribution in [0.4, 0.5) is 0 Å². The van der Waals surface area contributed by atoms with E-state index >= 15 is 0 Å². The lowest BCUT2D eigenvalue weighted by Gasteiger charge is -2.25. The van der Waals surface area contributed by atoms with E-state index in [1.165, 1.54) is 41.7 Å². The Balaban J connectivity index is 1.76. The van der Waals surface area contributed by atoms with Crippen molar-refractivity contribution in [2.75, 3.05) is 20.2 Å². The molecule has 0 bridgehead atoms. The maximum atomic E-state index is 12.8. The van der Waals surface area contributed by atoms with Crippen molar-refractivity contribution in [2.24, 2.45) is 5.10 Å². The molecule has 8 nitrogen and oxygen atoms in total. The molecule has 0 saturated carbocycles. The highest BCUT2D eigenvalue weighted by Crippen LogP contribution is 2.24. The summed E-state index contributed by atoms with van der Waals surface area (Å²) in [6, 6.07) is 10.7. The van der Waals surface area contributed by atoms with Crippen molar-refractivity contribution in [2.45, 2.75) is 31.1 Å². The Labute approximate surface area is 176 Å². The number of nitrogens with one attached hydrogen (secondary N) is 1. The summed E-state index contributed by atoms with van der Waals surface area (Å²) in [4.78, 5) is 12.6. The second kappa shape index (κ2) is 9.27. The van der Waals surface area contributed by atoms with Crippen molar-refractivity contribution in [3.63, 3.8) is 0 Å². The summed E-state index contributed by atoms with van der Waals surface area (Å²) in [7, 11) is -2.14. The fraction of sp³-hybridized carbons (Fsp3) is 0.333. The van der Waals surface area contributed by atoms with Crippen molar-refractivity contribution in [1.29, 1.82) is 0 Å². The molecule has 3 rings (SSSR count). The molecule has 1 amide bonds. The van der Waals surface area contributed by atoms with Gasteiger partial charge in [0.05, 0.1) is 17.7 Å². The molecule has 0 atom stereocenters. The van der Waals surface area contributed by atoms with Crippen molar-refractivity contribution in [3.05, 3.63) is 53.6 Å². The number of nitrogens with zero attached hydrogens (tertiary/aromatic N) is 2. The molecule has 0 aromatic heterocycles. The third kappa shape index (κ3) is 4.80. The van der Waals surface area contributed by atoms with Gasteiger partial charge in [-0.3, -0.25) is 4.79 Å². The molecule has 2 aromatic rings. The predicted octanol–water partition coefficient (Wildman–Crippen LogP) is 2.73. The average molecular weight is 432 g/mol. The number of phenols is 1. The Kier molecular flexibility index (Phi) is 6.73. The number of ether oxygens (including phenoxy) is 1. The SMILES string of the molecule is COc1ccc(C(C)=NNC(=O)c2cccc(S(=O)(=O)N3CCCCC3)c2)c(O)c1. The van der Waals surface area contributed by atoms with Gasteiger partial charge in [0, 0.05) is 30.3 Å². The van der Waals surface area contributed by atoms with Crippen LogP contribution in [0.5, 0.6) is 11.5 Å². The summed E-state index contributed by atoms with van der Waals surface area (Å²) < 4.78 is 32.2. The number of aromatic hydroxyl groups is 1. The van der Waals surface area contributed by atoms with Crippen molar-refractivity contribution >= 4 is 21.6 Å². The van der Waals surface area contributed by atoms with Gasteiger partial charge in [0.15, 0.2) is 0 Å². The minimum atomic E-state index is -3.63. The predicted molar refractivity (Wildman–Crippen MR) is 113 cm³/mol. The number of hydrazone groups is 1. The van der Waals surface area contributed by atoms with Gasteiger partial charge in [0.1, 0.15) is 11.5 Å². The number of amides is 1. The fourth-order valence-corrected chi connectivity index (χ4v) is 4.82. The van der Waals surface area contributed by atoms with Gasteiger partial charge < -0.3 is 9.84 Å². The minimum absolute atomic E-state index is 0.0283. The Morgan fingerprint density at radius 2 is 1.87 bits per heavy atom. The van der Waals surface area contributed by atoms with E-state index in [0.29, 0.717) is 30.1 Å².